The molecule has 54 heavy (non-hydrogen) atoms. The van der Waals surface area contributed by atoms with Crippen LogP contribution in [0.5, 0.6) is 0 Å². The van der Waals surface area contributed by atoms with Gasteiger partial charge in [0.05, 0.1) is 12.0 Å². The summed E-state index contributed by atoms with van der Waals surface area (Å²) in [4.78, 5) is 28.1. The van der Waals surface area contributed by atoms with Crippen molar-refractivity contribution in [2.75, 3.05) is 32.8 Å². The molecule has 0 aromatic heterocycles. The lowest BCUT2D eigenvalue weighted by atomic mass is 9.97. The van der Waals surface area contributed by atoms with E-state index in [2.05, 4.69) is 25.7 Å². The van der Waals surface area contributed by atoms with Gasteiger partial charge in [-0.2, -0.15) is 0 Å². The van der Waals surface area contributed by atoms with E-state index in [0.29, 0.717) is 13.0 Å². The van der Waals surface area contributed by atoms with Gasteiger partial charge in [-0.15, -0.1) is 0 Å². The van der Waals surface area contributed by atoms with Gasteiger partial charge in [-0.05, 0) is 103 Å². The quantitative estimate of drug-likeness (QED) is 0.0492. The first-order valence-electron chi connectivity index (χ1n) is 24.2. The summed E-state index contributed by atoms with van der Waals surface area (Å²) >= 11 is 0. The minimum absolute atomic E-state index is 0.0190. The molecule has 0 radical (unpaired) electrons. The molecule has 320 valence electrons. The molecule has 1 N–H and O–H groups in total. The molecule has 1 rings (SSSR count). The van der Waals surface area contributed by atoms with E-state index in [0.717, 1.165) is 90.3 Å². The Morgan fingerprint density at radius 3 is 1.46 bits per heavy atom. The number of aliphatic hydroxyl groups excluding tert-OH is 1. The second kappa shape index (κ2) is 37.4. The van der Waals surface area contributed by atoms with E-state index in [1.165, 1.54) is 154 Å². The topological polar surface area (TPSA) is 76.1 Å². The Morgan fingerprint density at radius 1 is 0.537 bits per heavy atom. The third-order valence-electron chi connectivity index (χ3n) is 11.9. The van der Waals surface area contributed by atoms with Gasteiger partial charge in [-0.3, -0.25) is 9.59 Å². The number of ether oxygens (including phenoxy) is 2. The summed E-state index contributed by atoms with van der Waals surface area (Å²) in [6.07, 6.45) is 42.3. The van der Waals surface area contributed by atoms with Crippen LogP contribution in [0.4, 0.5) is 0 Å². The lowest BCUT2D eigenvalue weighted by molar-refractivity contribution is -0.157. The first-order chi connectivity index (χ1) is 26.5. The molecule has 1 aliphatic rings. The van der Waals surface area contributed by atoms with Gasteiger partial charge in [0.15, 0.2) is 0 Å². The standard InChI is InChI=1S/C48H93NO5/c1-4-7-10-13-16-24-33-44-53-46(51)36-27-20-17-22-29-40-49(42-31-32-43-50)41-30-23-21-28-37-48(38-39-48)47(52)54-45(34-25-18-14-11-8-5-2)35-26-19-15-12-9-6-3/h45,50H,4-44H2,1-3H3. The van der Waals surface area contributed by atoms with Crippen molar-refractivity contribution < 1.29 is 24.2 Å². The zero-order valence-corrected chi connectivity index (χ0v) is 36.6. The molecule has 0 saturated heterocycles. The van der Waals surface area contributed by atoms with E-state index in [-0.39, 0.29) is 30.1 Å². The van der Waals surface area contributed by atoms with E-state index >= 15 is 0 Å². The minimum atomic E-state index is -0.176. The lowest BCUT2D eigenvalue weighted by Gasteiger charge is -2.23. The highest BCUT2D eigenvalue weighted by molar-refractivity contribution is 5.80. The number of hydrogen-bond donors (Lipinski definition) is 1. The summed E-state index contributed by atoms with van der Waals surface area (Å²) in [6.45, 7) is 11.0. The first-order valence-corrected chi connectivity index (χ1v) is 24.2. The van der Waals surface area contributed by atoms with Crippen LogP contribution in [-0.4, -0.2) is 60.9 Å². The van der Waals surface area contributed by atoms with E-state index in [1.54, 1.807) is 0 Å². The highest BCUT2D eigenvalue weighted by Gasteiger charge is 2.51. The van der Waals surface area contributed by atoms with Gasteiger partial charge < -0.3 is 19.5 Å². The zero-order chi connectivity index (χ0) is 39.2. The maximum atomic E-state index is 13.5. The number of aliphatic hydroxyl groups is 1. The molecule has 0 amide bonds. The number of esters is 2. The summed E-state index contributed by atoms with van der Waals surface area (Å²) in [6, 6.07) is 0. The average Bonchev–Trinajstić information content (AvgIpc) is 3.97. The minimum Gasteiger partial charge on any atom is -0.466 e. The number of rotatable bonds is 43. The van der Waals surface area contributed by atoms with E-state index in [4.69, 9.17) is 9.47 Å². The Hall–Kier alpha value is -1.14. The molecule has 0 atom stereocenters. The highest BCUT2D eigenvalue weighted by atomic mass is 16.5. The molecule has 0 aromatic rings. The Kier molecular flexibility index (Phi) is 35.3. The van der Waals surface area contributed by atoms with Gasteiger partial charge in [-0.1, -0.05) is 162 Å². The Bertz CT molecular complexity index is 814. The third-order valence-corrected chi connectivity index (χ3v) is 11.9. The second-order valence-electron chi connectivity index (χ2n) is 17.2. The van der Waals surface area contributed by atoms with Crippen LogP contribution in [0.15, 0.2) is 0 Å². The number of nitrogens with zero attached hydrogens (tertiary/aromatic N) is 1. The molecule has 6 nitrogen and oxygen atoms in total. The highest BCUT2D eigenvalue weighted by Crippen LogP contribution is 2.51. The summed E-state index contributed by atoms with van der Waals surface area (Å²) in [5.74, 6) is 0.104. The zero-order valence-electron chi connectivity index (χ0n) is 36.6. The van der Waals surface area contributed by atoms with Gasteiger partial charge in [0, 0.05) is 13.0 Å². The largest absolute Gasteiger partial charge is 0.466 e. The van der Waals surface area contributed by atoms with Crippen molar-refractivity contribution in [3.8, 4) is 0 Å². The monoisotopic (exact) mass is 764 g/mol. The number of carbonyl (C=O) groups excluding carboxylic acids is 2. The number of carbonyl (C=O) groups is 2. The van der Waals surface area contributed by atoms with Gasteiger partial charge >= 0.3 is 11.9 Å². The van der Waals surface area contributed by atoms with Crippen LogP contribution in [0.25, 0.3) is 0 Å². The fourth-order valence-corrected chi connectivity index (χ4v) is 7.94. The number of unbranched alkanes of at least 4 members (excludes halogenated alkanes) is 24. The predicted molar refractivity (Wildman–Crippen MR) is 230 cm³/mol. The van der Waals surface area contributed by atoms with Crippen molar-refractivity contribution in [1.82, 2.24) is 4.90 Å². The average molecular weight is 764 g/mol. The Morgan fingerprint density at radius 2 is 0.963 bits per heavy atom. The molecule has 1 saturated carbocycles. The molecule has 1 fully saturated rings. The fourth-order valence-electron chi connectivity index (χ4n) is 7.94. The van der Waals surface area contributed by atoms with Crippen LogP contribution in [-0.2, 0) is 19.1 Å². The van der Waals surface area contributed by atoms with Crippen molar-refractivity contribution in [3.05, 3.63) is 0 Å². The van der Waals surface area contributed by atoms with Crippen molar-refractivity contribution in [2.45, 2.75) is 258 Å². The molecule has 0 unspecified atom stereocenters. The smallest absolute Gasteiger partial charge is 0.312 e. The first kappa shape index (κ1) is 50.9. The summed E-state index contributed by atoms with van der Waals surface area (Å²) < 4.78 is 11.8. The van der Waals surface area contributed by atoms with Gasteiger partial charge in [0.2, 0.25) is 0 Å². The molecule has 6 heteroatoms. The van der Waals surface area contributed by atoms with Crippen LogP contribution in [0, 0.1) is 5.41 Å². The molecule has 0 aromatic carbocycles. The molecule has 0 aliphatic heterocycles. The summed E-state index contributed by atoms with van der Waals surface area (Å²) in [5.41, 5.74) is -0.176. The van der Waals surface area contributed by atoms with Crippen LogP contribution in [0.2, 0.25) is 0 Å². The normalized spacial score (nSPS) is 13.6. The van der Waals surface area contributed by atoms with Crippen molar-refractivity contribution in [3.63, 3.8) is 0 Å². The molecular weight excluding hydrogens is 671 g/mol. The van der Waals surface area contributed by atoms with E-state index in [9.17, 15) is 14.7 Å². The third kappa shape index (κ3) is 30.1. The summed E-state index contributed by atoms with van der Waals surface area (Å²) in [7, 11) is 0. The summed E-state index contributed by atoms with van der Waals surface area (Å²) in [5, 5.41) is 9.32. The second-order valence-corrected chi connectivity index (χ2v) is 17.2. The maximum Gasteiger partial charge on any atom is 0.312 e. The fraction of sp³-hybridized carbons (Fsp3) is 0.958. The molecule has 0 bridgehead atoms. The molecule has 0 heterocycles. The van der Waals surface area contributed by atoms with Gasteiger partial charge in [-0.25, -0.2) is 0 Å². The van der Waals surface area contributed by atoms with Crippen LogP contribution >= 0.6 is 0 Å². The lowest BCUT2D eigenvalue weighted by Crippen LogP contribution is -2.27. The predicted octanol–water partition coefficient (Wildman–Crippen LogP) is 13.8. The number of hydrogen-bond acceptors (Lipinski definition) is 6. The van der Waals surface area contributed by atoms with Crippen LogP contribution in [0.1, 0.15) is 252 Å². The van der Waals surface area contributed by atoms with Gasteiger partial charge in [0.25, 0.3) is 0 Å². The van der Waals surface area contributed by atoms with Crippen LogP contribution in [0.3, 0.4) is 0 Å². The van der Waals surface area contributed by atoms with Crippen LogP contribution < -0.4 is 0 Å². The molecule has 1 aliphatic carbocycles. The molecule has 0 spiro atoms. The molecular formula is C48H93NO5. The van der Waals surface area contributed by atoms with Crippen molar-refractivity contribution in [1.29, 1.82) is 0 Å². The maximum absolute atomic E-state index is 13.5. The Labute approximate surface area is 336 Å². The van der Waals surface area contributed by atoms with Gasteiger partial charge in [0.1, 0.15) is 6.10 Å². The van der Waals surface area contributed by atoms with Crippen molar-refractivity contribution in [2.24, 2.45) is 5.41 Å². The van der Waals surface area contributed by atoms with Crippen molar-refractivity contribution >= 4 is 11.9 Å². The SMILES string of the molecule is CCCCCCCCCOC(=O)CCCCCCCN(CCCCO)CCCCCCC1(C(=O)OC(CCCCCCCC)CCCCCCCC)CC1. The van der Waals surface area contributed by atoms with E-state index in [1.807, 2.05) is 0 Å². The van der Waals surface area contributed by atoms with E-state index < -0.39 is 0 Å². The Balaban J connectivity index is 2.25.